The molecule has 0 aromatic rings. The lowest BCUT2D eigenvalue weighted by molar-refractivity contribution is -0.125. The lowest BCUT2D eigenvalue weighted by Gasteiger charge is -2.24. The minimum atomic E-state index is -0.0354. The van der Waals surface area contributed by atoms with Crippen LogP contribution in [0.3, 0.4) is 0 Å². The molecular formula is C15H29N3O2. The van der Waals surface area contributed by atoms with E-state index < -0.39 is 0 Å². The van der Waals surface area contributed by atoms with Gasteiger partial charge in [0.05, 0.1) is 19.1 Å². The van der Waals surface area contributed by atoms with Crippen LogP contribution in [-0.4, -0.2) is 62.8 Å². The lowest BCUT2D eigenvalue weighted by Crippen LogP contribution is -2.45. The zero-order valence-corrected chi connectivity index (χ0v) is 12.9. The van der Waals surface area contributed by atoms with Gasteiger partial charge in [0, 0.05) is 25.2 Å². The van der Waals surface area contributed by atoms with Crippen LogP contribution in [0.2, 0.25) is 0 Å². The Labute approximate surface area is 122 Å². The first-order valence-electron chi connectivity index (χ1n) is 8.01. The summed E-state index contributed by atoms with van der Waals surface area (Å²) in [4.78, 5) is 14.6. The molecule has 0 bridgehead atoms. The third kappa shape index (κ3) is 4.17. The molecule has 2 unspecified atom stereocenters. The summed E-state index contributed by atoms with van der Waals surface area (Å²) in [6, 6.07) is 0.892. The molecule has 1 aliphatic carbocycles. The minimum absolute atomic E-state index is 0.0354. The highest BCUT2D eigenvalue weighted by atomic mass is 16.5. The van der Waals surface area contributed by atoms with Crippen molar-refractivity contribution in [3.05, 3.63) is 0 Å². The fourth-order valence-electron chi connectivity index (χ4n) is 3.29. The number of nitrogens with zero attached hydrogens (tertiary/aromatic N) is 1. The molecule has 116 valence electrons. The highest BCUT2D eigenvalue weighted by Gasteiger charge is 2.33. The maximum Gasteiger partial charge on any atom is 0.227 e. The summed E-state index contributed by atoms with van der Waals surface area (Å²) in [6.07, 6.45) is 5.32. The zero-order valence-electron chi connectivity index (χ0n) is 12.9. The summed E-state index contributed by atoms with van der Waals surface area (Å²) in [6.45, 7) is 5.80. The van der Waals surface area contributed by atoms with E-state index in [1.807, 2.05) is 0 Å². The van der Waals surface area contributed by atoms with E-state index in [-0.39, 0.29) is 17.9 Å². The summed E-state index contributed by atoms with van der Waals surface area (Å²) >= 11 is 0. The topological polar surface area (TPSA) is 53.6 Å². The fourth-order valence-corrected chi connectivity index (χ4v) is 3.29. The van der Waals surface area contributed by atoms with Gasteiger partial charge in [-0.05, 0) is 26.4 Å². The van der Waals surface area contributed by atoms with Crippen LogP contribution >= 0.6 is 0 Å². The van der Waals surface area contributed by atoms with Gasteiger partial charge in [-0.2, -0.15) is 0 Å². The molecule has 2 aliphatic rings. The van der Waals surface area contributed by atoms with Crippen LogP contribution in [0.5, 0.6) is 0 Å². The Morgan fingerprint density at radius 1 is 1.30 bits per heavy atom. The molecule has 2 fully saturated rings. The molecule has 0 aromatic carbocycles. The van der Waals surface area contributed by atoms with Crippen molar-refractivity contribution in [2.45, 2.75) is 44.7 Å². The van der Waals surface area contributed by atoms with Crippen LogP contribution < -0.4 is 10.6 Å². The third-order valence-corrected chi connectivity index (χ3v) is 4.60. The second-order valence-corrected chi connectivity index (χ2v) is 6.02. The van der Waals surface area contributed by atoms with Gasteiger partial charge in [-0.1, -0.05) is 19.8 Å². The largest absolute Gasteiger partial charge is 0.379 e. The van der Waals surface area contributed by atoms with E-state index in [9.17, 15) is 4.79 Å². The average molecular weight is 283 g/mol. The second-order valence-electron chi connectivity index (χ2n) is 6.02. The van der Waals surface area contributed by atoms with E-state index in [4.69, 9.17) is 4.74 Å². The van der Waals surface area contributed by atoms with Gasteiger partial charge in [-0.25, -0.2) is 0 Å². The monoisotopic (exact) mass is 283 g/mol. The van der Waals surface area contributed by atoms with Crippen LogP contribution in [-0.2, 0) is 9.53 Å². The smallest absolute Gasteiger partial charge is 0.227 e. The van der Waals surface area contributed by atoms with Gasteiger partial charge in [0.2, 0.25) is 5.91 Å². The van der Waals surface area contributed by atoms with Gasteiger partial charge in [0.15, 0.2) is 0 Å². The van der Waals surface area contributed by atoms with Gasteiger partial charge in [0.1, 0.15) is 0 Å². The molecule has 20 heavy (non-hydrogen) atoms. The number of nitrogens with one attached hydrogen (secondary N) is 2. The molecule has 2 atom stereocenters. The molecule has 1 aliphatic heterocycles. The number of amides is 1. The van der Waals surface area contributed by atoms with Crippen molar-refractivity contribution in [3.8, 4) is 0 Å². The van der Waals surface area contributed by atoms with Crippen molar-refractivity contribution in [2.24, 2.45) is 5.92 Å². The number of rotatable bonds is 7. The van der Waals surface area contributed by atoms with Crippen molar-refractivity contribution in [1.29, 1.82) is 0 Å². The van der Waals surface area contributed by atoms with Crippen molar-refractivity contribution < 1.29 is 9.53 Å². The molecule has 2 N–H and O–H groups in total. The molecule has 1 saturated carbocycles. The predicted molar refractivity (Wildman–Crippen MR) is 79.7 cm³/mol. The van der Waals surface area contributed by atoms with E-state index in [1.54, 1.807) is 0 Å². The van der Waals surface area contributed by atoms with Gasteiger partial charge in [0.25, 0.3) is 0 Å². The van der Waals surface area contributed by atoms with E-state index in [2.05, 4.69) is 29.5 Å². The Morgan fingerprint density at radius 3 is 2.75 bits per heavy atom. The number of carbonyl (C=O) groups excluding carboxylic acids is 1. The quantitative estimate of drug-likeness (QED) is 0.718. The lowest BCUT2D eigenvalue weighted by atomic mass is 10.0. The first-order chi connectivity index (χ1) is 9.72. The molecule has 1 heterocycles. The number of hydrogen-bond acceptors (Lipinski definition) is 4. The first-order valence-corrected chi connectivity index (χ1v) is 8.01. The number of likely N-dealkylation sites (N-methyl/N-ethyl adjacent to an activating group) is 2. The normalized spacial score (nSPS) is 27.4. The summed E-state index contributed by atoms with van der Waals surface area (Å²) in [7, 11) is 2.17. The zero-order chi connectivity index (χ0) is 14.4. The maximum absolute atomic E-state index is 12.2. The maximum atomic E-state index is 12.2. The summed E-state index contributed by atoms with van der Waals surface area (Å²) in [5.74, 6) is 0.0972. The first kappa shape index (κ1) is 15.7. The third-order valence-electron chi connectivity index (χ3n) is 4.60. The Hall–Kier alpha value is -0.650. The molecule has 1 saturated heterocycles. The van der Waals surface area contributed by atoms with Crippen LogP contribution in [0.4, 0.5) is 0 Å². The summed E-state index contributed by atoms with van der Waals surface area (Å²) < 4.78 is 5.42. The molecule has 0 aromatic heterocycles. The van der Waals surface area contributed by atoms with Gasteiger partial charge in [-0.3, -0.25) is 4.79 Å². The number of carbonyl (C=O) groups is 1. The molecule has 2 rings (SSSR count). The van der Waals surface area contributed by atoms with Gasteiger partial charge < -0.3 is 20.3 Å². The average Bonchev–Trinajstić information content (AvgIpc) is 3.10. The Kier molecular flexibility index (Phi) is 6.26. The Balaban J connectivity index is 1.66. The minimum Gasteiger partial charge on any atom is -0.379 e. The second kappa shape index (κ2) is 7.96. The SMILES string of the molecule is CCNC1COCC1C(=O)NCCN(C)C1CCCC1. The molecule has 5 heteroatoms. The summed E-state index contributed by atoms with van der Waals surface area (Å²) in [5, 5.41) is 6.39. The van der Waals surface area contributed by atoms with Gasteiger partial charge >= 0.3 is 0 Å². The van der Waals surface area contributed by atoms with E-state index in [0.29, 0.717) is 13.2 Å². The number of hydrogen-bond donors (Lipinski definition) is 2. The highest BCUT2D eigenvalue weighted by Crippen LogP contribution is 2.21. The Bertz CT molecular complexity index is 305. The fraction of sp³-hybridized carbons (Fsp3) is 0.933. The summed E-state index contributed by atoms with van der Waals surface area (Å²) in [5.41, 5.74) is 0. The molecule has 5 nitrogen and oxygen atoms in total. The van der Waals surface area contributed by atoms with Crippen LogP contribution in [0, 0.1) is 5.92 Å². The predicted octanol–water partition coefficient (Wildman–Crippen LogP) is 0.602. The molecule has 0 spiro atoms. The van der Waals surface area contributed by atoms with E-state index in [0.717, 1.165) is 25.7 Å². The van der Waals surface area contributed by atoms with Crippen LogP contribution in [0.1, 0.15) is 32.6 Å². The van der Waals surface area contributed by atoms with Crippen LogP contribution in [0.15, 0.2) is 0 Å². The molecule has 1 amide bonds. The van der Waals surface area contributed by atoms with Crippen molar-refractivity contribution in [2.75, 3.05) is 39.9 Å². The van der Waals surface area contributed by atoms with E-state index >= 15 is 0 Å². The van der Waals surface area contributed by atoms with Gasteiger partial charge in [-0.15, -0.1) is 0 Å². The standard InChI is InChI=1S/C15H29N3O2/c1-3-16-14-11-20-10-13(14)15(19)17-8-9-18(2)12-6-4-5-7-12/h12-14,16H,3-11H2,1-2H3,(H,17,19). The van der Waals surface area contributed by atoms with Crippen LogP contribution in [0.25, 0.3) is 0 Å². The van der Waals surface area contributed by atoms with Crippen molar-refractivity contribution >= 4 is 5.91 Å². The number of ether oxygens (including phenoxy) is 1. The molecule has 0 radical (unpaired) electrons. The van der Waals surface area contributed by atoms with Crippen molar-refractivity contribution in [3.63, 3.8) is 0 Å². The van der Waals surface area contributed by atoms with E-state index in [1.165, 1.54) is 25.7 Å². The Morgan fingerprint density at radius 2 is 2.05 bits per heavy atom. The highest BCUT2D eigenvalue weighted by molar-refractivity contribution is 5.79. The molecular weight excluding hydrogens is 254 g/mol. The van der Waals surface area contributed by atoms with Crippen molar-refractivity contribution in [1.82, 2.24) is 15.5 Å².